The number of likely N-dealkylation sites (tertiary alicyclic amines) is 1. The van der Waals surface area contributed by atoms with Gasteiger partial charge in [-0.05, 0) is 44.3 Å². The van der Waals surface area contributed by atoms with Gasteiger partial charge in [-0.1, -0.05) is 13.3 Å². The van der Waals surface area contributed by atoms with Gasteiger partial charge in [-0.2, -0.15) is 0 Å². The van der Waals surface area contributed by atoms with Gasteiger partial charge in [-0.25, -0.2) is 0 Å². The van der Waals surface area contributed by atoms with Gasteiger partial charge in [0.05, 0.1) is 0 Å². The number of carbonyl (C=O) groups excluding carboxylic acids is 1. The zero-order chi connectivity index (χ0) is 13.0. The molecule has 0 aliphatic carbocycles. The van der Waals surface area contributed by atoms with Crippen LogP contribution in [0.5, 0.6) is 0 Å². The molecule has 18 heavy (non-hydrogen) atoms. The van der Waals surface area contributed by atoms with Gasteiger partial charge in [0.1, 0.15) is 0 Å². The van der Waals surface area contributed by atoms with Crippen LogP contribution >= 0.6 is 0 Å². The second kappa shape index (κ2) is 6.53. The fourth-order valence-electron chi connectivity index (χ4n) is 3.34. The highest BCUT2D eigenvalue weighted by Crippen LogP contribution is 2.24. The molecule has 2 heterocycles. The highest BCUT2D eigenvalue weighted by Gasteiger charge is 2.32. The summed E-state index contributed by atoms with van der Waals surface area (Å²) in [5.74, 6) is 1.61. The molecule has 104 valence electrons. The predicted octanol–water partition coefficient (Wildman–Crippen LogP) is 0.833. The zero-order valence-corrected chi connectivity index (χ0v) is 11.7. The van der Waals surface area contributed by atoms with Crippen molar-refractivity contribution < 1.29 is 4.79 Å². The minimum absolute atomic E-state index is 0.100. The third kappa shape index (κ3) is 3.45. The largest absolute Gasteiger partial charge is 0.356 e. The monoisotopic (exact) mass is 253 g/mol. The fourth-order valence-corrected chi connectivity index (χ4v) is 3.34. The van der Waals surface area contributed by atoms with Crippen LogP contribution in [-0.2, 0) is 4.79 Å². The number of nitrogens with zero attached hydrogens (tertiary/aromatic N) is 1. The lowest BCUT2D eigenvalue weighted by Gasteiger charge is -2.38. The Morgan fingerprint density at radius 3 is 2.67 bits per heavy atom. The van der Waals surface area contributed by atoms with Crippen molar-refractivity contribution in [3.8, 4) is 0 Å². The lowest BCUT2D eigenvalue weighted by Crippen LogP contribution is -2.46. The van der Waals surface area contributed by atoms with Gasteiger partial charge >= 0.3 is 0 Å². The molecule has 2 aliphatic rings. The van der Waals surface area contributed by atoms with E-state index in [1.165, 1.54) is 38.9 Å². The third-order valence-corrected chi connectivity index (χ3v) is 4.59. The predicted molar refractivity (Wildman–Crippen MR) is 73.4 cm³/mol. The highest BCUT2D eigenvalue weighted by molar-refractivity contribution is 5.72. The van der Waals surface area contributed by atoms with Crippen LogP contribution in [0.3, 0.4) is 0 Å². The Morgan fingerprint density at radius 1 is 1.33 bits per heavy atom. The topological polar surface area (TPSA) is 44.4 Å². The van der Waals surface area contributed by atoms with Crippen molar-refractivity contribution in [1.82, 2.24) is 15.5 Å². The van der Waals surface area contributed by atoms with Gasteiger partial charge in [-0.15, -0.1) is 0 Å². The van der Waals surface area contributed by atoms with Crippen molar-refractivity contribution in [1.29, 1.82) is 0 Å². The van der Waals surface area contributed by atoms with Gasteiger partial charge in [0.2, 0.25) is 5.91 Å². The van der Waals surface area contributed by atoms with Crippen LogP contribution in [0.1, 0.15) is 33.1 Å². The molecule has 0 radical (unpaired) electrons. The van der Waals surface area contributed by atoms with E-state index in [2.05, 4.69) is 22.5 Å². The van der Waals surface area contributed by atoms with E-state index in [1.807, 2.05) is 0 Å². The van der Waals surface area contributed by atoms with E-state index in [9.17, 15) is 4.79 Å². The number of rotatable bonds is 4. The Balaban J connectivity index is 1.74. The Hall–Kier alpha value is -0.610. The number of carbonyl (C=O) groups is 1. The molecule has 0 bridgehead atoms. The van der Waals surface area contributed by atoms with Gasteiger partial charge in [0, 0.05) is 26.1 Å². The zero-order valence-electron chi connectivity index (χ0n) is 11.7. The van der Waals surface area contributed by atoms with Crippen LogP contribution < -0.4 is 10.6 Å². The average Bonchev–Trinajstić information content (AvgIpc) is 2.85. The molecule has 2 aliphatic heterocycles. The molecule has 2 fully saturated rings. The van der Waals surface area contributed by atoms with E-state index in [4.69, 9.17) is 0 Å². The van der Waals surface area contributed by atoms with Crippen molar-refractivity contribution in [2.75, 3.05) is 32.7 Å². The summed E-state index contributed by atoms with van der Waals surface area (Å²) in [7, 11) is 0. The van der Waals surface area contributed by atoms with Crippen molar-refractivity contribution in [2.45, 2.75) is 39.2 Å². The minimum atomic E-state index is 0.100. The number of hydrogen-bond donors (Lipinski definition) is 2. The molecular weight excluding hydrogens is 226 g/mol. The molecule has 2 rings (SSSR count). The minimum Gasteiger partial charge on any atom is -0.356 e. The smallest absolute Gasteiger partial charge is 0.216 e. The van der Waals surface area contributed by atoms with Gasteiger partial charge < -0.3 is 10.6 Å². The SMILES string of the molecule is CCC1CNCC1N1CCC(CNC(C)=O)CC1. The number of hydrogen-bond acceptors (Lipinski definition) is 3. The molecule has 1 amide bonds. The Labute approximate surface area is 110 Å². The maximum absolute atomic E-state index is 10.9. The van der Waals surface area contributed by atoms with E-state index in [0.717, 1.165) is 25.0 Å². The molecule has 2 saturated heterocycles. The van der Waals surface area contributed by atoms with Crippen molar-refractivity contribution in [2.24, 2.45) is 11.8 Å². The van der Waals surface area contributed by atoms with Crippen LogP contribution in [0.2, 0.25) is 0 Å². The second-order valence-electron chi connectivity index (χ2n) is 5.81. The molecule has 2 unspecified atom stereocenters. The van der Waals surface area contributed by atoms with Crippen LogP contribution in [0.15, 0.2) is 0 Å². The molecule has 4 heteroatoms. The quantitative estimate of drug-likeness (QED) is 0.780. The molecule has 0 saturated carbocycles. The van der Waals surface area contributed by atoms with E-state index in [1.54, 1.807) is 6.92 Å². The number of amides is 1. The van der Waals surface area contributed by atoms with Crippen molar-refractivity contribution in [3.05, 3.63) is 0 Å². The molecule has 0 spiro atoms. The fraction of sp³-hybridized carbons (Fsp3) is 0.929. The summed E-state index contributed by atoms with van der Waals surface area (Å²) in [6, 6.07) is 0.747. The molecule has 2 atom stereocenters. The normalized spacial score (nSPS) is 30.6. The first-order chi connectivity index (χ1) is 8.70. The Bertz CT molecular complexity index is 274. The Kier molecular flexibility index (Phi) is 5.01. The van der Waals surface area contributed by atoms with Crippen molar-refractivity contribution >= 4 is 5.91 Å². The first-order valence-corrected chi connectivity index (χ1v) is 7.40. The Morgan fingerprint density at radius 2 is 2.06 bits per heavy atom. The highest BCUT2D eigenvalue weighted by atomic mass is 16.1. The maximum atomic E-state index is 10.9. The maximum Gasteiger partial charge on any atom is 0.216 e. The standard InChI is InChI=1S/C14H27N3O/c1-3-13-9-15-10-14(13)17-6-4-12(5-7-17)8-16-11(2)18/h12-15H,3-10H2,1-2H3,(H,16,18). The van der Waals surface area contributed by atoms with Crippen LogP contribution in [-0.4, -0.2) is 49.6 Å². The molecule has 4 nitrogen and oxygen atoms in total. The van der Waals surface area contributed by atoms with Crippen molar-refractivity contribution in [3.63, 3.8) is 0 Å². The summed E-state index contributed by atoms with van der Waals surface area (Å²) < 4.78 is 0. The third-order valence-electron chi connectivity index (χ3n) is 4.59. The molecule has 2 N–H and O–H groups in total. The van der Waals surface area contributed by atoms with E-state index in [0.29, 0.717) is 5.92 Å². The summed E-state index contributed by atoms with van der Waals surface area (Å²) in [6.45, 7) is 9.52. The number of nitrogens with one attached hydrogen (secondary N) is 2. The summed E-state index contributed by atoms with van der Waals surface area (Å²) in [5.41, 5.74) is 0. The summed E-state index contributed by atoms with van der Waals surface area (Å²) in [6.07, 6.45) is 3.74. The lowest BCUT2D eigenvalue weighted by atomic mass is 9.92. The van der Waals surface area contributed by atoms with Crippen LogP contribution in [0, 0.1) is 11.8 Å². The van der Waals surface area contributed by atoms with Gasteiger partial charge in [0.15, 0.2) is 0 Å². The van der Waals surface area contributed by atoms with Crippen LogP contribution in [0.4, 0.5) is 0 Å². The lowest BCUT2D eigenvalue weighted by molar-refractivity contribution is -0.119. The molecule has 0 aromatic rings. The van der Waals surface area contributed by atoms with Crippen LogP contribution in [0.25, 0.3) is 0 Å². The van der Waals surface area contributed by atoms with E-state index >= 15 is 0 Å². The molecule has 0 aromatic heterocycles. The summed E-state index contributed by atoms with van der Waals surface area (Å²) in [4.78, 5) is 13.6. The number of piperidine rings is 1. The van der Waals surface area contributed by atoms with Gasteiger partial charge in [0.25, 0.3) is 0 Å². The molecular formula is C14H27N3O. The first-order valence-electron chi connectivity index (χ1n) is 7.40. The summed E-state index contributed by atoms with van der Waals surface area (Å²) in [5, 5.41) is 6.47. The average molecular weight is 253 g/mol. The van der Waals surface area contributed by atoms with E-state index in [-0.39, 0.29) is 5.91 Å². The second-order valence-corrected chi connectivity index (χ2v) is 5.81. The van der Waals surface area contributed by atoms with E-state index < -0.39 is 0 Å². The molecule has 0 aromatic carbocycles. The summed E-state index contributed by atoms with van der Waals surface area (Å²) >= 11 is 0. The van der Waals surface area contributed by atoms with Gasteiger partial charge in [-0.3, -0.25) is 9.69 Å². The first kappa shape index (κ1) is 13.8.